The van der Waals surface area contributed by atoms with Gasteiger partial charge in [0.1, 0.15) is 0 Å². The van der Waals surface area contributed by atoms with Crippen molar-refractivity contribution in [3.63, 3.8) is 0 Å². The molecule has 4 saturated carbocycles. The molecule has 4 aliphatic rings. The van der Waals surface area contributed by atoms with E-state index in [-0.39, 0.29) is 0 Å². The maximum absolute atomic E-state index is 5.05. The fraction of sp³-hybridized carbons (Fsp3) is 1.00. The van der Waals surface area contributed by atoms with Gasteiger partial charge in [-0.05, 0) is 60.2 Å². The minimum atomic E-state index is 0.562. The van der Waals surface area contributed by atoms with Gasteiger partial charge in [0, 0.05) is 5.25 Å². The summed E-state index contributed by atoms with van der Waals surface area (Å²) >= 11 is 5.05. The third kappa shape index (κ3) is 1.19. The van der Waals surface area contributed by atoms with Gasteiger partial charge in [0.05, 0.1) is 0 Å². The van der Waals surface area contributed by atoms with Gasteiger partial charge in [0.2, 0.25) is 0 Å². The summed E-state index contributed by atoms with van der Waals surface area (Å²) in [4.78, 5) is 0. The lowest BCUT2D eigenvalue weighted by atomic mass is 9.47. The lowest BCUT2D eigenvalue weighted by Gasteiger charge is -2.60. The zero-order valence-corrected chi connectivity index (χ0v) is 12.1. The number of fused-ring (bicyclic) bond motifs is 1. The molecule has 4 aliphatic carbocycles. The molecule has 0 aromatic carbocycles. The predicted molar refractivity (Wildman–Crippen MR) is 72.8 cm³/mol. The van der Waals surface area contributed by atoms with Gasteiger partial charge in [-0.1, -0.05) is 27.7 Å². The Balaban J connectivity index is 1.99. The van der Waals surface area contributed by atoms with Gasteiger partial charge in [-0.25, -0.2) is 0 Å². The molecule has 16 heavy (non-hydrogen) atoms. The summed E-state index contributed by atoms with van der Waals surface area (Å²) in [7, 11) is 0. The topological polar surface area (TPSA) is 0 Å². The highest BCUT2D eigenvalue weighted by molar-refractivity contribution is 7.81. The summed E-state index contributed by atoms with van der Waals surface area (Å²) in [5, 5.41) is 0.675. The smallest absolute Gasteiger partial charge is 0.0105 e. The molecule has 92 valence electrons. The highest BCUT2D eigenvalue weighted by Gasteiger charge is 2.65. The molecule has 6 atom stereocenters. The van der Waals surface area contributed by atoms with Crippen molar-refractivity contribution < 1.29 is 0 Å². The molecule has 0 spiro atoms. The molecule has 0 nitrogen and oxygen atoms in total. The van der Waals surface area contributed by atoms with E-state index in [1.54, 1.807) is 0 Å². The van der Waals surface area contributed by atoms with E-state index in [0.29, 0.717) is 16.1 Å². The Bertz CT molecular complexity index is 311. The van der Waals surface area contributed by atoms with E-state index in [0.717, 1.165) is 23.7 Å². The second-order valence-electron chi connectivity index (χ2n) is 7.67. The normalized spacial score (nSPS) is 59.6. The van der Waals surface area contributed by atoms with Crippen LogP contribution in [0.25, 0.3) is 0 Å². The molecule has 0 radical (unpaired) electrons. The molecule has 0 N–H and O–H groups in total. The van der Waals surface area contributed by atoms with Crippen LogP contribution in [0, 0.1) is 34.5 Å². The second-order valence-corrected chi connectivity index (χ2v) is 8.23. The van der Waals surface area contributed by atoms with Gasteiger partial charge in [-0.15, -0.1) is 0 Å². The van der Waals surface area contributed by atoms with Crippen LogP contribution in [-0.4, -0.2) is 5.25 Å². The lowest BCUT2D eigenvalue weighted by molar-refractivity contribution is -0.0754. The molecular weight excluding hydrogens is 212 g/mol. The molecule has 4 fully saturated rings. The largest absolute Gasteiger partial charge is 0.175 e. The summed E-state index contributed by atoms with van der Waals surface area (Å²) in [5.41, 5.74) is 1.23. The molecular formula is C15H26S. The summed E-state index contributed by atoms with van der Waals surface area (Å²) in [6, 6.07) is 0. The summed E-state index contributed by atoms with van der Waals surface area (Å²) in [6.45, 7) is 9.92. The van der Waals surface area contributed by atoms with Crippen LogP contribution in [0.4, 0.5) is 0 Å². The molecule has 0 amide bonds. The third-order valence-electron chi connectivity index (χ3n) is 6.57. The first-order chi connectivity index (χ1) is 7.38. The van der Waals surface area contributed by atoms with Crippen molar-refractivity contribution in [1.82, 2.24) is 0 Å². The van der Waals surface area contributed by atoms with Gasteiger partial charge in [0.25, 0.3) is 0 Å². The molecule has 0 saturated heterocycles. The van der Waals surface area contributed by atoms with E-state index in [4.69, 9.17) is 12.6 Å². The first-order valence-electron chi connectivity index (χ1n) is 7.06. The lowest BCUT2D eigenvalue weighted by Crippen LogP contribution is -2.56. The van der Waals surface area contributed by atoms with Crippen LogP contribution >= 0.6 is 12.6 Å². The standard InChI is InChI=1S/C15H26S/c1-9(2)10-7-12-14(3)5-6-15(12,4)13(16)11(10)8-14/h9-13,16H,5-8H2,1-4H3/t10-,11+,12-,13-,14-,15-/m0/s1. The van der Waals surface area contributed by atoms with Crippen LogP contribution in [0.2, 0.25) is 0 Å². The van der Waals surface area contributed by atoms with E-state index in [1.807, 2.05) is 0 Å². The highest BCUT2D eigenvalue weighted by atomic mass is 32.1. The number of hydrogen-bond acceptors (Lipinski definition) is 1. The van der Waals surface area contributed by atoms with Crippen molar-refractivity contribution in [2.45, 2.75) is 58.6 Å². The van der Waals surface area contributed by atoms with Crippen LogP contribution in [0.15, 0.2) is 0 Å². The first-order valence-corrected chi connectivity index (χ1v) is 7.58. The van der Waals surface area contributed by atoms with Crippen LogP contribution < -0.4 is 0 Å². The van der Waals surface area contributed by atoms with Crippen molar-refractivity contribution in [3.8, 4) is 0 Å². The van der Waals surface area contributed by atoms with Crippen molar-refractivity contribution in [2.24, 2.45) is 34.5 Å². The zero-order valence-electron chi connectivity index (χ0n) is 11.2. The minimum absolute atomic E-state index is 0.562. The summed E-state index contributed by atoms with van der Waals surface area (Å²) in [5.74, 6) is 3.66. The monoisotopic (exact) mass is 238 g/mol. The maximum atomic E-state index is 5.05. The van der Waals surface area contributed by atoms with Crippen molar-refractivity contribution in [3.05, 3.63) is 0 Å². The van der Waals surface area contributed by atoms with Gasteiger partial charge in [0.15, 0.2) is 0 Å². The third-order valence-corrected chi connectivity index (χ3v) is 7.54. The fourth-order valence-corrected chi connectivity index (χ4v) is 6.23. The average molecular weight is 238 g/mol. The van der Waals surface area contributed by atoms with Crippen LogP contribution in [0.5, 0.6) is 0 Å². The fourth-order valence-electron chi connectivity index (χ4n) is 5.59. The maximum Gasteiger partial charge on any atom is 0.0105 e. The van der Waals surface area contributed by atoms with Crippen molar-refractivity contribution >= 4 is 12.6 Å². The minimum Gasteiger partial charge on any atom is -0.175 e. The molecule has 0 aromatic rings. The Kier molecular flexibility index (Phi) is 2.30. The molecule has 0 aliphatic heterocycles. The van der Waals surface area contributed by atoms with E-state index in [1.165, 1.54) is 25.7 Å². The van der Waals surface area contributed by atoms with Gasteiger partial charge in [-0.2, -0.15) is 12.6 Å². The summed E-state index contributed by atoms with van der Waals surface area (Å²) in [6.07, 6.45) is 5.85. The zero-order chi connectivity index (χ0) is 11.7. The van der Waals surface area contributed by atoms with E-state index >= 15 is 0 Å². The number of thiol groups is 1. The van der Waals surface area contributed by atoms with Gasteiger partial charge < -0.3 is 0 Å². The Labute approximate surface area is 106 Å². The van der Waals surface area contributed by atoms with E-state index < -0.39 is 0 Å². The van der Waals surface area contributed by atoms with Gasteiger partial charge in [-0.3, -0.25) is 0 Å². The Morgan fingerprint density at radius 2 is 1.88 bits per heavy atom. The molecule has 4 bridgehead atoms. The molecule has 4 rings (SSSR count). The molecule has 0 aromatic heterocycles. The highest BCUT2D eigenvalue weighted by Crippen LogP contribution is 2.71. The Morgan fingerprint density at radius 3 is 2.50 bits per heavy atom. The Hall–Kier alpha value is 0.350. The average Bonchev–Trinajstić information content (AvgIpc) is 2.44. The molecule has 1 heteroatoms. The van der Waals surface area contributed by atoms with E-state index in [2.05, 4.69) is 27.7 Å². The second kappa shape index (κ2) is 3.22. The predicted octanol–water partition coefficient (Wildman–Crippen LogP) is 4.40. The van der Waals surface area contributed by atoms with Crippen LogP contribution in [-0.2, 0) is 0 Å². The van der Waals surface area contributed by atoms with Crippen molar-refractivity contribution in [2.75, 3.05) is 0 Å². The number of hydrogen-bond donors (Lipinski definition) is 1. The van der Waals surface area contributed by atoms with Crippen LogP contribution in [0.1, 0.15) is 53.4 Å². The van der Waals surface area contributed by atoms with Crippen LogP contribution in [0.3, 0.4) is 0 Å². The van der Waals surface area contributed by atoms with E-state index in [9.17, 15) is 0 Å². The number of rotatable bonds is 1. The first kappa shape index (κ1) is 11.4. The quantitative estimate of drug-likeness (QED) is 0.643. The van der Waals surface area contributed by atoms with Crippen molar-refractivity contribution in [1.29, 1.82) is 0 Å². The SMILES string of the molecule is CC(C)[C@@H]1C[C@H]2[C@@]3(C)CC[C@]2(C)[C@@H](S)[C@@H]1C3. The molecule has 0 unspecified atom stereocenters. The molecule has 0 heterocycles. The van der Waals surface area contributed by atoms with Gasteiger partial charge >= 0.3 is 0 Å². The Morgan fingerprint density at radius 1 is 1.19 bits per heavy atom. The summed E-state index contributed by atoms with van der Waals surface area (Å²) < 4.78 is 0.